The number of ether oxygens (including phenoxy) is 1. The van der Waals surface area contributed by atoms with Gasteiger partial charge in [0.2, 0.25) is 0 Å². The molecule has 0 aliphatic carbocycles. The second-order valence-electron chi connectivity index (χ2n) is 6.18. The van der Waals surface area contributed by atoms with Gasteiger partial charge in [0.15, 0.2) is 8.11 Å². The summed E-state index contributed by atoms with van der Waals surface area (Å²) >= 11 is 6.85. The molecule has 0 N–H and O–H groups in total. The Morgan fingerprint density at radius 2 is 1.73 bits per heavy atom. The van der Waals surface area contributed by atoms with Gasteiger partial charge in [0.05, 0.1) is 0 Å². The summed E-state index contributed by atoms with van der Waals surface area (Å²) in [5.41, 5.74) is 1.30. The molecule has 0 radical (unpaired) electrons. The third-order valence-electron chi connectivity index (χ3n) is 3.73. The Hall–Kier alpha value is -1.51. The molecule has 0 heterocycles. The van der Waals surface area contributed by atoms with E-state index in [1.165, 1.54) is 10.8 Å². The van der Waals surface area contributed by atoms with Crippen LogP contribution in [0.1, 0.15) is 19.4 Å². The first-order valence-corrected chi connectivity index (χ1v) is 10.4. The van der Waals surface area contributed by atoms with Crippen LogP contribution in [0.15, 0.2) is 67.3 Å². The highest BCUT2D eigenvalue weighted by Crippen LogP contribution is 2.35. The maximum atomic E-state index is 6.85. The Labute approximate surface area is 139 Å². The predicted octanol–water partition coefficient (Wildman–Crippen LogP) is 4.44. The average Bonchev–Trinajstić information content (AvgIpc) is 2.54. The van der Waals surface area contributed by atoms with Crippen molar-refractivity contribution in [3.05, 3.63) is 72.8 Å². The molecule has 0 fully saturated rings. The zero-order chi connectivity index (χ0) is 16.0. The van der Waals surface area contributed by atoms with Crippen molar-refractivity contribution < 1.29 is 4.74 Å². The molecule has 116 valence electrons. The van der Waals surface area contributed by atoms with Crippen molar-refractivity contribution in [3.8, 4) is 5.75 Å². The van der Waals surface area contributed by atoms with Gasteiger partial charge in [-0.25, -0.2) is 0 Å². The summed E-state index contributed by atoms with van der Waals surface area (Å²) in [6.45, 7) is 8.73. The number of rotatable bonds is 7. The molecule has 2 aromatic rings. The molecule has 1 atom stereocenters. The van der Waals surface area contributed by atoms with Crippen molar-refractivity contribution in [1.29, 1.82) is 0 Å². The minimum absolute atomic E-state index is 0.104. The van der Waals surface area contributed by atoms with Gasteiger partial charge in [-0.15, -0.1) is 0 Å². The van der Waals surface area contributed by atoms with Gasteiger partial charge in [-0.05, 0) is 34.3 Å². The fourth-order valence-electron chi connectivity index (χ4n) is 2.55. The molecule has 1 nitrogen and oxygen atoms in total. The molecule has 2 rings (SSSR count). The normalized spacial score (nSPS) is 12.7. The summed E-state index contributed by atoms with van der Waals surface area (Å²) in [6.07, 6.45) is 2.73. The number of hydrogen-bond acceptors (Lipinski definition) is 1. The highest BCUT2D eigenvalue weighted by atomic mass is 35.6. The van der Waals surface area contributed by atoms with Crippen LogP contribution in [-0.4, -0.2) is 14.7 Å². The Kier molecular flexibility index (Phi) is 5.87. The lowest BCUT2D eigenvalue weighted by Crippen LogP contribution is -2.36. The molecule has 2 aromatic carbocycles. The van der Waals surface area contributed by atoms with Crippen LogP contribution in [0.5, 0.6) is 5.75 Å². The molecular weight excluding hydrogens is 308 g/mol. The van der Waals surface area contributed by atoms with Crippen LogP contribution < -0.4 is 9.92 Å². The first-order valence-electron chi connectivity index (χ1n) is 7.54. The van der Waals surface area contributed by atoms with Crippen molar-refractivity contribution in [2.45, 2.75) is 25.3 Å². The van der Waals surface area contributed by atoms with Gasteiger partial charge in [0.1, 0.15) is 12.4 Å². The minimum atomic E-state index is -1.54. The zero-order valence-corrected chi connectivity index (χ0v) is 15.2. The molecule has 22 heavy (non-hydrogen) atoms. The molecule has 0 saturated carbocycles. The lowest BCUT2D eigenvalue weighted by Gasteiger charge is -2.29. The Bertz CT molecular complexity index is 593. The van der Waals surface area contributed by atoms with Gasteiger partial charge in [-0.1, -0.05) is 69.0 Å². The Morgan fingerprint density at radius 3 is 2.32 bits per heavy atom. The van der Waals surface area contributed by atoms with E-state index in [0.717, 1.165) is 12.2 Å². The molecular formula is C19H23ClOSi. The van der Waals surface area contributed by atoms with E-state index in [4.69, 9.17) is 15.8 Å². The van der Waals surface area contributed by atoms with E-state index < -0.39 is 8.11 Å². The fourth-order valence-corrected chi connectivity index (χ4v) is 5.09. The maximum Gasteiger partial charge on any atom is 0.177 e. The molecule has 0 aliphatic rings. The van der Waals surface area contributed by atoms with Crippen LogP contribution in [0.4, 0.5) is 0 Å². The lowest BCUT2D eigenvalue weighted by molar-refractivity contribution is 0.363. The van der Waals surface area contributed by atoms with Crippen LogP contribution in [0.25, 0.3) is 0 Å². The summed E-state index contributed by atoms with van der Waals surface area (Å²) in [5.74, 6) is 0.879. The van der Waals surface area contributed by atoms with E-state index in [0.29, 0.717) is 6.61 Å². The van der Waals surface area contributed by atoms with Crippen LogP contribution in [0.3, 0.4) is 0 Å². The molecule has 0 bridgehead atoms. The third-order valence-corrected chi connectivity index (χ3v) is 8.80. The topological polar surface area (TPSA) is 9.23 Å². The lowest BCUT2D eigenvalue weighted by atomic mass is 10.0. The second kappa shape index (κ2) is 7.66. The molecule has 0 spiro atoms. The Morgan fingerprint density at radius 1 is 1.09 bits per heavy atom. The molecule has 1 unspecified atom stereocenters. The van der Waals surface area contributed by atoms with E-state index >= 15 is 0 Å². The van der Waals surface area contributed by atoms with E-state index in [1.54, 1.807) is 6.08 Å². The standard InChI is InChI=1S/C19H23ClOSi/c1-4-14-21-17-12-10-16(11-13-17)15-19(2,3)22(20)18-8-6-5-7-9-18/h4-13,22H,1,14-15H2,2-3H3. The molecule has 0 aliphatic heterocycles. The van der Waals surface area contributed by atoms with Gasteiger partial charge in [0.25, 0.3) is 0 Å². The molecule has 0 saturated heterocycles. The summed E-state index contributed by atoms with van der Waals surface area (Å²) in [6, 6.07) is 18.8. The third kappa shape index (κ3) is 4.49. The predicted molar refractivity (Wildman–Crippen MR) is 99.0 cm³/mol. The monoisotopic (exact) mass is 330 g/mol. The van der Waals surface area contributed by atoms with E-state index in [1.807, 2.05) is 18.2 Å². The zero-order valence-electron chi connectivity index (χ0n) is 13.3. The van der Waals surface area contributed by atoms with Gasteiger partial charge in [-0.2, -0.15) is 11.1 Å². The van der Waals surface area contributed by atoms with Gasteiger partial charge < -0.3 is 4.74 Å². The average molecular weight is 331 g/mol. The smallest absolute Gasteiger partial charge is 0.177 e. The summed E-state index contributed by atoms with van der Waals surface area (Å²) in [5, 5.41) is 1.41. The van der Waals surface area contributed by atoms with E-state index in [-0.39, 0.29) is 5.04 Å². The highest BCUT2D eigenvalue weighted by Gasteiger charge is 2.31. The summed E-state index contributed by atoms with van der Waals surface area (Å²) < 4.78 is 5.52. The van der Waals surface area contributed by atoms with Crippen molar-refractivity contribution in [2.75, 3.05) is 6.61 Å². The SMILES string of the molecule is C=CCOc1ccc(CC(C)(C)[SiH](Cl)c2ccccc2)cc1. The maximum absolute atomic E-state index is 6.85. The quantitative estimate of drug-likeness (QED) is 0.414. The van der Waals surface area contributed by atoms with Gasteiger partial charge >= 0.3 is 0 Å². The first-order chi connectivity index (χ1) is 10.5. The minimum Gasteiger partial charge on any atom is -0.490 e. The second-order valence-corrected chi connectivity index (χ2v) is 10.4. The van der Waals surface area contributed by atoms with E-state index in [2.05, 4.69) is 56.8 Å². The van der Waals surface area contributed by atoms with Crippen LogP contribution in [-0.2, 0) is 6.42 Å². The fraction of sp³-hybridized carbons (Fsp3) is 0.263. The van der Waals surface area contributed by atoms with Crippen LogP contribution >= 0.6 is 11.1 Å². The molecule has 0 amide bonds. The molecule has 3 heteroatoms. The van der Waals surface area contributed by atoms with Crippen molar-refractivity contribution in [3.63, 3.8) is 0 Å². The Balaban J connectivity index is 2.06. The number of benzene rings is 2. The van der Waals surface area contributed by atoms with Crippen molar-refractivity contribution >= 4 is 24.4 Å². The number of hydrogen-bond donors (Lipinski definition) is 0. The highest BCUT2D eigenvalue weighted by molar-refractivity contribution is 7.15. The largest absolute Gasteiger partial charge is 0.490 e. The summed E-state index contributed by atoms with van der Waals surface area (Å²) in [7, 11) is -1.54. The first kappa shape index (κ1) is 16.9. The van der Waals surface area contributed by atoms with E-state index in [9.17, 15) is 0 Å². The van der Waals surface area contributed by atoms with Crippen LogP contribution in [0.2, 0.25) is 5.04 Å². The summed E-state index contributed by atoms with van der Waals surface area (Å²) in [4.78, 5) is 0. The van der Waals surface area contributed by atoms with Crippen molar-refractivity contribution in [1.82, 2.24) is 0 Å². The van der Waals surface area contributed by atoms with Crippen LogP contribution in [0, 0.1) is 0 Å². The van der Waals surface area contributed by atoms with Gasteiger partial charge in [-0.3, -0.25) is 0 Å². The van der Waals surface area contributed by atoms with Gasteiger partial charge in [0, 0.05) is 0 Å². The van der Waals surface area contributed by atoms with Crippen molar-refractivity contribution in [2.24, 2.45) is 0 Å². The molecule has 0 aromatic heterocycles. The number of halogens is 1.